The predicted molar refractivity (Wildman–Crippen MR) is 221 cm³/mol. The summed E-state index contributed by atoms with van der Waals surface area (Å²) in [6.45, 7) is 13.0. The van der Waals surface area contributed by atoms with Gasteiger partial charge in [-0.1, -0.05) is 143 Å². The summed E-state index contributed by atoms with van der Waals surface area (Å²) in [5.41, 5.74) is -1.01. The van der Waals surface area contributed by atoms with E-state index < -0.39 is 23.2 Å². The number of aliphatic hydroxyl groups excluding tert-OH is 1. The lowest BCUT2D eigenvalue weighted by Gasteiger charge is -2.50. The number of fused-ring (bicyclic) bond motifs is 3. The Morgan fingerprint density at radius 1 is 0.745 bits per heavy atom. The zero-order valence-electron chi connectivity index (χ0n) is 35.9. The molecule has 7 nitrogen and oxygen atoms in total. The number of rotatable bonds is 27. The van der Waals surface area contributed by atoms with Crippen LogP contribution >= 0.6 is 0 Å². The topological polar surface area (TPSA) is 110 Å². The number of ketones is 1. The fraction of sp³-hybridized carbons (Fsp3) is 0.854. The van der Waals surface area contributed by atoms with Gasteiger partial charge in [0.2, 0.25) is 0 Å². The molecule has 55 heavy (non-hydrogen) atoms. The number of hydrogen-bond donors (Lipinski definition) is 2. The molecule has 0 heterocycles. The Kier molecular flexibility index (Phi) is 18.0. The molecule has 2 N–H and O–H groups in total. The van der Waals surface area contributed by atoms with E-state index in [9.17, 15) is 24.6 Å². The van der Waals surface area contributed by atoms with Crippen molar-refractivity contribution in [1.29, 1.82) is 0 Å². The molecule has 4 rings (SSSR count). The van der Waals surface area contributed by atoms with Crippen LogP contribution in [0.5, 0.6) is 0 Å². The third kappa shape index (κ3) is 11.6. The van der Waals surface area contributed by atoms with E-state index in [0.29, 0.717) is 55.3 Å². The molecule has 8 atom stereocenters. The number of Topliss-reactive ketones (excluding diaryl/α,β-unsaturated/α-hetero) is 1. The Balaban J connectivity index is 1.31. The number of unbranched alkanes of at least 4 members (excludes halogenated alkanes) is 16. The fourth-order valence-electron chi connectivity index (χ4n) is 11.1. The lowest BCUT2D eigenvalue weighted by atomic mass is 9.59. The number of aliphatic hydroxyl groups is 2. The number of esters is 2. The lowest BCUT2D eigenvalue weighted by molar-refractivity contribution is -0.204. The monoisotopic (exact) mass is 769 g/mol. The molecule has 314 valence electrons. The molecule has 2 fully saturated rings. The molecule has 0 amide bonds. The summed E-state index contributed by atoms with van der Waals surface area (Å²) in [6.07, 6.45) is 26.8. The van der Waals surface area contributed by atoms with Crippen LogP contribution in [0.25, 0.3) is 0 Å². The molecule has 1 spiro atoms. The Hall–Kier alpha value is -1.99. The van der Waals surface area contributed by atoms with Crippen molar-refractivity contribution < 1.29 is 34.1 Å². The van der Waals surface area contributed by atoms with Gasteiger partial charge in [0.15, 0.2) is 6.10 Å². The van der Waals surface area contributed by atoms with E-state index in [4.69, 9.17) is 9.47 Å². The maximum Gasteiger partial charge on any atom is 0.306 e. The van der Waals surface area contributed by atoms with Crippen LogP contribution in [0, 0.1) is 34.5 Å². The summed E-state index contributed by atoms with van der Waals surface area (Å²) in [4.78, 5) is 38.1. The van der Waals surface area contributed by atoms with E-state index in [1.807, 2.05) is 13.8 Å². The summed E-state index contributed by atoms with van der Waals surface area (Å²) < 4.78 is 12.0. The highest BCUT2D eigenvalue weighted by atomic mass is 16.6. The minimum atomic E-state index is -1.75. The van der Waals surface area contributed by atoms with Gasteiger partial charge in [0, 0.05) is 31.1 Å². The van der Waals surface area contributed by atoms with Crippen molar-refractivity contribution in [2.75, 3.05) is 6.61 Å². The molecule has 2 saturated carbocycles. The van der Waals surface area contributed by atoms with Gasteiger partial charge < -0.3 is 19.7 Å². The second-order valence-electron chi connectivity index (χ2n) is 18.9. The first-order chi connectivity index (χ1) is 26.3. The van der Waals surface area contributed by atoms with E-state index in [1.165, 1.54) is 51.4 Å². The third-order valence-corrected chi connectivity index (χ3v) is 14.4. The molecule has 4 aliphatic carbocycles. The van der Waals surface area contributed by atoms with Crippen LogP contribution in [0.3, 0.4) is 0 Å². The van der Waals surface area contributed by atoms with Crippen molar-refractivity contribution in [3.05, 3.63) is 23.3 Å². The molecule has 7 heteroatoms. The van der Waals surface area contributed by atoms with Gasteiger partial charge in [-0.3, -0.25) is 14.4 Å². The highest BCUT2D eigenvalue weighted by Gasteiger charge is 2.73. The number of ether oxygens (including phenoxy) is 2. The molecule has 0 aromatic rings. The van der Waals surface area contributed by atoms with E-state index in [1.54, 1.807) is 0 Å². The van der Waals surface area contributed by atoms with Crippen molar-refractivity contribution in [1.82, 2.24) is 0 Å². The smallest absolute Gasteiger partial charge is 0.306 e. The largest absolute Gasteiger partial charge is 0.461 e. The normalized spacial score (nSPS) is 30.3. The van der Waals surface area contributed by atoms with Crippen molar-refractivity contribution in [3.63, 3.8) is 0 Å². The van der Waals surface area contributed by atoms with E-state index >= 15 is 0 Å². The highest BCUT2D eigenvalue weighted by molar-refractivity contribution is 5.78. The third-order valence-electron chi connectivity index (χ3n) is 14.4. The zero-order chi connectivity index (χ0) is 40.1. The maximum absolute atomic E-state index is 13.4. The number of hydrogen-bond acceptors (Lipinski definition) is 7. The summed E-state index contributed by atoms with van der Waals surface area (Å²) in [6, 6.07) is 0. The van der Waals surface area contributed by atoms with Crippen molar-refractivity contribution in [2.24, 2.45) is 34.5 Å². The fourth-order valence-corrected chi connectivity index (χ4v) is 11.1. The zero-order valence-corrected chi connectivity index (χ0v) is 35.9. The van der Waals surface area contributed by atoms with E-state index in [-0.39, 0.29) is 35.8 Å². The standard InChI is InChI=1S/C48H80O7/c1-7-9-10-11-12-13-14-15-18-22-25-29-42(51)55-45-35(3)32-47-33-37(43-40(30-36(47)4)46(43,5)6)31-38(44(52)48(45,47)53)34-54-41(50)28-24-21-19-16-17-20-23-27-39(49)26-8-2/h31-32,36-37,40,43-45,52-53H,7-30,33-34H2,1-6H3. The summed E-state index contributed by atoms with van der Waals surface area (Å²) >= 11 is 0. The Labute approximate surface area is 335 Å². The molecule has 0 aromatic carbocycles. The molecular formula is C48H80O7. The molecule has 4 aliphatic rings. The van der Waals surface area contributed by atoms with Crippen LogP contribution in [0.15, 0.2) is 23.3 Å². The van der Waals surface area contributed by atoms with Crippen LogP contribution in [0.1, 0.15) is 202 Å². The SMILES string of the molecule is CCCCCCCCCCCCCC(=O)OC1C(C)=CC23CC(C=C(COC(=O)CCCCCCCCCC(=O)CCC)C(O)C12O)C1C(CC3C)C1(C)C. The van der Waals surface area contributed by atoms with Gasteiger partial charge >= 0.3 is 11.9 Å². The Bertz CT molecular complexity index is 1300. The first-order valence-corrected chi connectivity index (χ1v) is 23.0. The first kappa shape index (κ1) is 45.7. The van der Waals surface area contributed by atoms with Gasteiger partial charge in [0.25, 0.3) is 0 Å². The van der Waals surface area contributed by atoms with Gasteiger partial charge in [-0.25, -0.2) is 0 Å². The van der Waals surface area contributed by atoms with E-state index in [0.717, 1.165) is 82.6 Å². The Morgan fingerprint density at radius 3 is 1.84 bits per heavy atom. The average Bonchev–Trinajstić information content (AvgIpc) is 3.68. The van der Waals surface area contributed by atoms with Crippen LogP contribution in [0.4, 0.5) is 0 Å². The van der Waals surface area contributed by atoms with Gasteiger partial charge in [0.05, 0.1) is 0 Å². The van der Waals surface area contributed by atoms with Gasteiger partial charge in [0.1, 0.15) is 24.1 Å². The lowest BCUT2D eigenvalue weighted by Crippen LogP contribution is -2.63. The second-order valence-corrected chi connectivity index (χ2v) is 18.9. The van der Waals surface area contributed by atoms with Crippen molar-refractivity contribution in [2.45, 2.75) is 220 Å². The predicted octanol–water partition coefficient (Wildman–Crippen LogP) is 11.3. The van der Waals surface area contributed by atoms with Crippen LogP contribution < -0.4 is 0 Å². The van der Waals surface area contributed by atoms with Crippen LogP contribution in [-0.2, 0) is 23.9 Å². The molecule has 0 aliphatic heterocycles. The first-order valence-electron chi connectivity index (χ1n) is 23.0. The Morgan fingerprint density at radius 2 is 1.27 bits per heavy atom. The minimum absolute atomic E-state index is 0.0653. The summed E-state index contributed by atoms with van der Waals surface area (Å²) in [7, 11) is 0. The van der Waals surface area contributed by atoms with Crippen LogP contribution in [-0.4, -0.2) is 52.4 Å². The average molecular weight is 769 g/mol. The number of carbonyl (C=O) groups excluding carboxylic acids is 3. The van der Waals surface area contributed by atoms with Gasteiger partial charge in [-0.2, -0.15) is 0 Å². The second kappa shape index (κ2) is 21.7. The van der Waals surface area contributed by atoms with Gasteiger partial charge in [-0.05, 0) is 85.7 Å². The summed E-state index contributed by atoms with van der Waals surface area (Å²) in [5, 5.41) is 25.3. The molecule has 0 aromatic heterocycles. The molecule has 2 bridgehead atoms. The number of allylic oxidation sites excluding steroid dienone is 1. The minimum Gasteiger partial charge on any atom is -0.461 e. The quantitative estimate of drug-likeness (QED) is 0.0486. The van der Waals surface area contributed by atoms with E-state index in [2.05, 4.69) is 39.8 Å². The molecule has 0 radical (unpaired) electrons. The molecular weight excluding hydrogens is 689 g/mol. The summed E-state index contributed by atoms with van der Waals surface area (Å²) in [5.74, 6) is 0.865. The maximum atomic E-state index is 13.4. The van der Waals surface area contributed by atoms with Crippen LogP contribution in [0.2, 0.25) is 0 Å². The molecule has 8 unspecified atom stereocenters. The number of carbonyl (C=O) groups is 3. The van der Waals surface area contributed by atoms with Crippen molar-refractivity contribution in [3.8, 4) is 0 Å². The van der Waals surface area contributed by atoms with Gasteiger partial charge in [-0.15, -0.1) is 0 Å². The van der Waals surface area contributed by atoms with Crippen molar-refractivity contribution >= 4 is 17.7 Å². The highest BCUT2D eigenvalue weighted by Crippen LogP contribution is 2.72. The molecule has 0 saturated heterocycles.